The molecule has 0 aliphatic carbocycles. The second-order valence-corrected chi connectivity index (χ2v) is 6.38. The van der Waals surface area contributed by atoms with E-state index in [4.69, 9.17) is 0 Å². The van der Waals surface area contributed by atoms with Crippen LogP contribution in [0.5, 0.6) is 0 Å². The van der Waals surface area contributed by atoms with Crippen LogP contribution in [-0.4, -0.2) is 25.2 Å². The van der Waals surface area contributed by atoms with Crippen molar-refractivity contribution in [3.05, 3.63) is 64.0 Å². The summed E-state index contributed by atoms with van der Waals surface area (Å²) in [6, 6.07) is 5.82. The molecule has 0 aromatic carbocycles. The van der Waals surface area contributed by atoms with Crippen molar-refractivity contribution in [2.24, 2.45) is 0 Å². The fraction of sp³-hybridized carbons (Fsp3) is 0.389. The second kappa shape index (κ2) is 6.57. The van der Waals surface area contributed by atoms with Crippen LogP contribution in [0.25, 0.3) is 5.65 Å². The summed E-state index contributed by atoms with van der Waals surface area (Å²) in [6.45, 7) is 8.77. The Morgan fingerprint density at radius 2 is 2.08 bits per heavy atom. The molecule has 0 saturated carbocycles. The molecular weight excluding hydrogens is 302 g/mol. The maximum absolute atomic E-state index is 12.2. The Hall–Kier alpha value is -2.47. The fourth-order valence-electron chi connectivity index (χ4n) is 2.72. The van der Waals surface area contributed by atoms with E-state index in [0.29, 0.717) is 12.2 Å². The first-order chi connectivity index (χ1) is 11.5. The predicted molar refractivity (Wildman–Crippen MR) is 94.2 cm³/mol. The fourth-order valence-corrected chi connectivity index (χ4v) is 2.72. The van der Waals surface area contributed by atoms with Crippen LogP contribution in [0.1, 0.15) is 36.7 Å². The van der Waals surface area contributed by atoms with Gasteiger partial charge in [-0.15, -0.1) is 0 Å². The predicted octanol–water partition coefficient (Wildman–Crippen LogP) is 2.25. The van der Waals surface area contributed by atoms with Crippen LogP contribution >= 0.6 is 0 Å². The van der Waals surface area contributed by atoms with Gasteiger partial charge in [0.25, 0.3) is 5.56 Å². The molecule has 0 aliphatic rings. The molecule has 1 N–H and O–H groups in total. The molecule has 0 spiro atoms. The minimum absolute atomic E-state index is 0.0519. The maximum Gasteiger partial charge on any atom is 0.258 e. The van der Waals surface area contributed by atoms with Crippen LogP contribution in [0, 0.1) is 13.8 Å². The Morgan fingerprint density at radius 3 is 2.79 bits per heavy atom. The topological polar surface area (TPSA) is 64.2 Å². The Morgan fingerprint density at radius 1 is 1.29 bits per heavy atom. The van der Waals surface area contributed by atoms with Gasteiger partial charge in [-0.25, -0.2) is 4.98 Å². The van der Waals surface area contributed by atoms with Crippen LogP contribution in [0.4, 0.5) is 0 Å². The van der Waals surface area contributed by atoms with Crippen molar-refractivity contribution in [3.63, 3.8) is 0 Å². The van der Waals surface area contributed by atoms with Crippen LogP contribution in [0.2, 0.25) is 0 Å². The lowest BCUT2D eigenvalue weighted by Crippen LogP contribution is -2.34. The number of nitrogens with zero attached hydrogens (tertiary/aromatic N) is 4. The Labute approximate surface area is 141 Å². The minimum Gasteiger partial charge on any atom is -0.307 e. The molecule has 0 aliphatic heterocycles. The van der Waals surface area contributed by atoms with Crippen LogP contribution < -0.4 is 10.9 Å². The molecule has 0 amide bonds. The number of aryl methyl sites for hydroxylation is 2. The smallest absolute Gasteiger partial charge is 0.258 e. The molecule has 3 heterocycles. The zero-order valence-electron chi connectivity index (χ0n) is 14.5. The van der Waals surface area contributed by atoms with Gasteiger partial charge in [0, 0.05) is 31.0 Å². The molecule has 0 radical (unpaired) electrons. The van der Waals surface area contributed by atoms with Crippen molar-refractivity contribution in [2.75, 3.05) is 0 Å². The van der Waals surface area contributed by atoms with E-state index in [1.165, 1.54) is 0 Å². The van der Waals surface area contributed by atoms with Gasteiger partial charge in [-0.2, -0.15) is 5.10 Å². The lowest BCUT2D eigenvalue weighted by molar-refractivity contribution is 0.363. The highest BCUT2D eigenvalue weighted by atomic mass is 16.1. The summed E-state index contributed by atoms with van der Waals surface area (Å²) >= 11 is 0. The molecule has 126 valence electrons. The molecule has 0 fully saturated rings. The first-order valence-corrected chi connectivity index (χ1v) is 8.18. The zero-order valence-corrected chi connectivity index (χ0v) is 14.5. The first kappa shape index (κ1) is 16.4. The highest BCUT2D eigenvalue weighted by molar-refractivity contribution is 5.46. The standard InChI is InChI=1S/C18H23N5O/c1-12-9-20-23(11-12)15(4)14(3)19-10-16-8-17(24)22-7-5-6-13(2)18(22)21-16/h5-9,11,14-15,19H,10H2,1-4H3/t14-,15-/m0/s1. The van der Waals surface area contributed by atoms with E-state index in [-0.39, 0.29) is 17.6 Å². The van der Waals surface area contributed by atoms with E-state index in [0.717, 1.165) is 16.8 Å². The lowest BCUT2D eigenvalue weighted by Gasteiger charge is -2.21. The molecule has 3 aromatic rings. The van der Waals surface area contributed by atoms with Crippen molar-refractivity contribution in [1.29, 1.82) is 0 Å². The summed E-state index contributed by atoms with van der Waals surface area (Å²) in [4.78, 5) is 16.9. The molecule has 6 heteroatoms. The molecule has 24 heavy (non-hydrogen) atoms. The SMILES string of the molecule is Cc1cnn([C@@H](C)[C@H](C)NCc2cc(=O)n3cccc(C)c3n2)c1. The van der Waals surface area contributed by atoms with E-state index >= 15 is 0 Å². The summed E-state index contributed by atoms with van der Waals surface area (Å²) in [5.41, 5.74) is 3.55. The summed E-state index contributed by atoms with van der Waals surface area (Å²) in [6.07, 6.45) is 5.64. The van der Waals surface area contributed by atoms with Gasteiger partial charge in [-0.3, -0.25) is 13.9 Å². The summed E-state index contributed by atoms with van der Waals surface area (Å²) in [5, 5.41) is 7.81. The quantitative estimate of drug-likeness (QED) is 0.781. The number of nitrogens with one attached hydrogen (secondary N) is 1. The maximum atomic E-state index is 12.2. The summed E-state index contributed by atoms with van der Waals surface area (Å²) in [5.74, 6) is 0. The Kier molecular flexibility index (Phi) is 4.49. The number of pyridine rings is 1. The highest BCUT2D eigenvalue weighted by Gasteiger charge is 2.15. The average molecular weight is 325 g/mol. The lowest BCUT2D eigenvalue weighted by atomic mass is 10.1. The minimum atomic E-state index is -0.0519. The summed E-state index contributed by atoms with van der Waals surface area (Å²) < 4.78 is 3.54. The molecule has 0 unspecified atom stereocenters. The monoisotopic (exact) mass is 325 g/mol. The number of hydrogen-bond donors (Lipinski definition) is 1. The van der Waals surface area contributed by atoms with E-state index in [1.54, 1.807) is 16.7 Å². The molecule has 0 saturated heterocycles. The van der Waals surface area contributed by atoms with Crippen molar-refractivity contribution >= 4 is 5.65 Å². The van der Waals surface area contributed by atoms with E-state index in [1.807, 2.05) is 43.1 Å². The van der Waals surface area contributed by atoms with Gasteiger partial charge in [0.2, 0.25) is 0 Å². The van der Waals surface area contributed by atoms with Gasteiger partial charge in [0.05, 0.1) is 17.9 Å². The number of aromatic nitrogens is 4. The normalized spacial score (nSPS) is 14.0. The zero-order chi connectivity index (χ0) is 17.3. The Bertz CT molecular complexity index is 911. The van der Waals surface area contributed by atoms with Crippen molar-refractivity contribution in [2.45, 2.75) is 46.3 Å². The molecule has 2 atom stereocenters. The van der Waals surface area contributed by atoms with Gasteiger partial charge >= 0.3 is 0 Å². The number of rotatable bonds is 5. The van der Waals surface area contributed by atoms with Gasteiger partial charge in [-0.1, -0.05) is 6.07 Å². The van der Waals surface area contributed by atoms with Gasteiger partial charge < -0.3 is 5.32 Å². The number of hydrogen-bond acceptors (Lipinski definition) is 4. The van der Waals surface area contributed by atoms with E-state index in [2.05, 4.69) is 29.2 Å². The first-order valence-electron chi connectivity index (χ1n) is 8.18. The third-order valence-electron chi connectivity index (χ3n) is 4.42. The van der Waals surface area contributed by atoms with Crippen LogP contribution in [-0.2, 0) is 6.54 Å². The average Bonchev–Trinajstić information content (AvgIpc) is 2.99. The third kappa shape index (κ3) is 3.23. The molecule has 0 bridgehead atoms. The van der Waals surface area contributed by atoms with Gasteiger partial charge in [0.15, 0.2) is 0 Å². The molecule has 3 aromatic heterocycles. The highest BCUT2D eigenvalue weighted by Crippen LogP contribution is 2.11. The van der Waals surface area contributed by atoms with Gasteiger partial charge in [-0.05, 0) is 44.9 Å². The number of fused-ring (bicyclic) bond motifs is 1. The van der Waals surface area contributed by atoms with Crippen molar-refractivity contribution in [3.8, 4) is 0 Å². The van der Waals surface area contributed by atoms with E-state index in [9.17, 15) is 4.79 Å². The molecular formula is C18H23N5O. The van der Waals surface area contributed by atoms with Crippen LogP contribution in [0.3, 0.4) is 0 Å². The third-order valence-corrected chi connectivity index (χ3v) is 4.42. The van der Waals surface area contributed by atoms with Gasteiger partial charge in [0.1, 0.15) is 5.65 Å². The Balaban J connectivity index is 1.76. The summed E-state index contributed by atoms with van der Waals surface area (Å²) in [7, 11) is 0. The van der Waals surface area contributed by atoms with E-state index < -0.39 is 0 Å². The molecule has 6 nitrogen and oxygen atoms in total. The van der Waals surface area contributed by atoms with Crippen molar-refractivity contribution < 1.29 is 0 Å². The largest absolute Gasteiger partial charge is 0.307 e. The van der Waals surface area contributed by atoms with Crippen molar-refractivity contribution in [1.82, 2.24) is 24.5 Å². The van der Waals surface area contributed by atoms with Crippen LogP contribution in [0.15, 0.2) is 41.6 Å². The second-order valence-electron chi connectivity index (χ2n) is 6.38. The molecule has 3 rings (SSSR count).